The van der Waals surface area contributed by atoms with Crippen LogP contribution >= 0.6 is 11.3 Å². The number of nitrogens with one attached hydrogen (secondary N) is 1. The number of ether oxygens (including phenoxy) is 1. The first-order chi connectivity index (χ1) is 15.7. The number of amides is 1. The fraction of sp³-hybridized carbons (Fsp3) is 0.643. The van der Waals surface area contributed by atoms with Gasteiger partial charge in [-0.25, -0.2) is 4.98 Å². The van der Waals surface area contributed by atoms with Gasteiger partial charge in [-0.2, -0.15) is 0 Å². The molecule has 2 aromatic rings. The first kappa shape index (κ1) is 23.0. The van der Waals surface area contributed by atoms with Crippen LogP contribution in [0.25, 0.3) is 10.4 Å². The lowest BCUT2D eigenvalue weighted by Crippen LogP contribution is -2.48. The molecule has 178 valence electrons. The molecule has 3 fully saturated rings. The Balaban J connectivity index is 1.54. The summed E-state index contributed by atoms with van der Waals surface area (Å²) in [6.07, 6.45) is 10.1. The summed E-state index contributed by atoms with van der Waals surface area (Å²) in [5.41, 5.74) is 5.57. The third-order valence-corrected chi connectivity index (χ3v) is 8.98. The lowest BCUT2D eigenvalue weighted by molar-refractivity contribution is -0.00346. The molecule has 2 saturated carbocycles. The second-order valence-corrected chi connectivity index (χ2v) is 12.8. The SMILES string of the molecule is CC(C)(C)c1cc(-c2sc(C(=O)NC3COC3)nc2CC2CCCCC2)cc(C2(C)CC2)c1. The first-order valence-corrected chi connectivity index (χ1v) is 13.6. The van der Waals surface area contributed by atoms with Gasteiger partial charge in [-0.1, -0.05) is 65.9 Å². The van der Waals surface area contributed by atoms with Crippen LogP contribution in [0, 0.1) is 5.92 Å². The number of benzene rings is 1. The molecule has 1 amide bonds. The van der Waals surface area contributed by atoms with Crippen molar-refractivity contribution in [2.45, 2.75) is 95.9 Å². The van der Waals surface area contributed by atoms with Crippen molar-refractivity contribution in [1.29, 1.82) is 0 Å². The van der Waals surface area contributed by atoms with Crippen LogP contribution in [0.5, 0.6) is 0 Å². The Morgan fingerprint density at radius 2 is 1.88 bits per heavy atom. The number of hydrogen-bond acceptors (Lipinski definition) is 4. The van der Waals surface area contributed by atoms with E-state index in [4.69, 9.17) is 9.72 Å². The summed E-state index contributed by atoms with van der Waals surface area (Å²) in [4.78, 5) is 19.1. The lowest BCUT2D eigenvalue weighted by Gasteiger charge is -2.26. The van der Waals surface area contributed by atoms with E-state index < -0.39 is 0 Å². The van der Waals surface area contributed by atoms with Gasteiger partial charge in [-0.15, -0.1) is 11.3 Å². The molecule has 0 unspecified atom stereocenters. The number of carbonyl (C=O) groups is 1. The Bertz CT molecular complexity index is 998. The highest BCUT2D eigenvalue weighted by Gasteiger charge is 2.40. The van der Waals surface area contributed by atoms with E-state index in [9.17, 15) is 4.79 Å². The van der Waals surface area contributed by atoms with Gasteiger partial charge in [0.15, 0.2) is 5.01 Å². The zero-order valence-electron chi connectivity index (χ0n) is 20.6. The molecule has 1 aromatic heterocycles. The summed E-state index contributed by atoms with van der Waals surface area (Å²) in [5, 5.41) is 3.69. The molecule has 2 aliphatic carbocycles. The molecule has 1 N–H and O–H groups in total. The maximum Gasteiger partial charge on any atom is 0.280 e. The van der Waals surface area contributed by atoms with Gasteiger partial charge < -0.3 is 10.1 Å². The first-order valence-electron chi connectivity index (χ1n) is 12.8. The average Bonchev–Trinajstić information content (AvgIpc) is 3.37. The van der Waals surface area contributed by atoms with Gasteiger partial charge in [-0.05, 0) is 64.8 Å². The molecule has 4 nitrogen and oxygen atoms in total. The number of hydrogen-bond donors (Lipinski definition) is 1. The van der Waals surface area contributed by atoms with Crippen molar-refractivity contribution in [3.8, 4) is 10.4 Å². The van der Waals surface area contributed by atoms with Crippen molar-refractivity contribution in [1.82, 2.24) is 10.3 Å². The van der Waals surface area contributed by atoms with Gasteiger partial charge in [0.2, 0.25) is 0 Å². The third-order valence-electron chi connectivity index (χ3n) is 7.83. The van der Waals surface area contributed by atoms with E-state index in [1.807, 2.05) is 0 Å². The highest BCUT2D eigenvalue weighted by atomic mass is 32.1. The monoisotopic (exact) mass is 466 g/mol. The largest absolute Gasteiger partial charge is 0.377 e. The smallest absolute Gasteiger partial charge is 0.280 e. The van der Waals surface area contributed by atoms with Crippen LogP contribution in [-0.4, -0.2) is 30.1 Å². The fourth-order valence-corrected chi connectivity index (χ4v) is 6.04. The normalized spacial score (nSPS) is 21.0. The van der Waals surface area contributed by atoms with Crippen molar-refractivity contribution in [3.05, 3.63) is 40.0 Å². The minimum absolute atomic E-state index is 0.0502. The highest BCUT2D eigenvalue weighted by molar-refractivity contribution is 7.17. The summed E-state index contributed by atoms with van der Waals surface area (Å²) in [5.74, 6) is 0.632. The van der Waals surface area contributed by atoms with Crippen LogP contribution in [0.2, 0.25) is 0 Å². The Labute approximate surface area is 202 Å². The van der Waals surface area contributed by atoms with Crippen molar-refractivity contribution in [2.24, 2.45) is 5.92 Å². The zero-order valence-corrected chi connectivity index (χ0v) is 21.4. The summed E-state index contributed by atoms with van der Waals surface area (Å²) >= 11 is 1.58. The third kappa shape index (κ3) is 5.05. The fourth-order valence-electron chi connectivity index (χ4n) is 5.06. The molecular formula is C28H38N2O2S. The molecule has 3 aliphatic rings. The van der Waals surface area contributed by atoms with Gasteiger partial charge in [0.25, 0.3) is 5.91 Å². The zero-order chi connectivity index (χ0) is 23.2. The van der Waals surface area contributed by atoms with Gasteiger partial charge in [0, 0.05) is 0 Å². The molecule has 0 atom stereocenters. The molecule has 5 heteroatoms. The van der Waals surface area contributed by atoms with Crippen molar-refractivity contribution < 1.29 is 9.53 Å². The Morgan fingerprint density at radius 1 is 1.15 bits per heavy atom. The van der Waals surface area contributed by atoms with Gasteiger partial charge in [0.05, 0.1) is 29.8 Å². The second-order valence-electron chi connectivity index (χ2n) is 11.8. The summed E-state index contributed by atoms with van der Waals surface area (Å²) in [6.45, 7) is 10.5. The lowest BCUT2D eigenvalue weighted by atomic mass is 9.82. The van der Waals surface area contributed by atoms with E-state index in [0.717, 1.165) is 12.1 Å². The van der Waals surface area contributed by atoms with Gasteiger partial charge in [0.1, 0.15) is 0 Å². The van der Waals surface area contributed by atoms with E-state index in [2.05, 4.69) is 51.2 Å². The quantitative estimate of drug-likeness (QED) is 0.535. The van der Waals surface area contributed by atoms with E-state index in [1.54, 1.807) is 11.3 Å². The van der Waals surface area contributed by atoms with E-state index in [-0.39, 0.29) is 17.4 Å². The number of thiazole rings is 1. The molecule has 0 bridgehead atoms. The molecule has 1 aromatic carbocycles. The topological polar surface area (TPSA) is 51.2 Å². The standard InChI is InChI=1S/C28H38N2O2S/c1-27(2,3)20-13-19(14-21(15-20)28(4)10-11-28)24-23(12-18-8-6-5-7-9-18)30-26(33-24)25(31)29-22-16-32-17-22/h13-15,18,22H,5-12,16-17H2,1-4H3,(H,29,31). The number of aromatic nitrogens is 1. The highest BCUT2D eigenvalue weighted by Crippen LogP contribution is 2.50. The van der Waals surface area contributed by atoms with Crippen LogP contribution in [0.15, 0.2) is 18.2 Å². The van der Waals surface area contributed by atoms with Crippen LogP contribution in [0.3, 0.4) is 0 Å². The van der Waals surface area contributed by atoms with Crippen LogP contribution in [0.4, 0.5) is 0 Å². The summed E-state index contributed by atoms with van der Waals surface area (Å²) in [7, 11) is 0. The number of nitrogens with zero attached hydrogens (tertiary/aromatic N) is 1. The van der Waals surface area contributed by atoms with E-state index >= 15 is 0 Å². The maximum atomic E-state index is 13.0. The van der Waals surface area contributed by atoms with Crippen LogP contribution in [0.1, 0.15) is 99.3 Å². The van der Waals surface area contributed by atoms with Gasteiger partial charge in [-0.3, -0.25) is 4.79 Å². The second kappa shape index (κ2) is 8.81. The number of carbonyl (C=O) groups excluding carboxylic acids is 1. The molecule has 5 rings (SSSR count). The molecule has 0 radical (unpaired) electrons. The molecule has 1 saturated heterocycles. The molecule has 0 spiro atoms. The Hall–Kier alpha value is -1.72. The van der Waals surface area contributed by atoms with E-state index in [0.29, 0.717) is 29.6 Å². The molecule has 2 heterocycles. The summed E-state index contributed by atoms with van der Waals surface area (Å²) in [6, 6.07) is 7.29. The average molecular weight is 467 g/mol. The minimum atomic E-state index is -0.0502. The molecule has 1 aliphatic heterocycles. The van der Waals surface area contributed by atoms with Crippen molar-refractivity contribution in [3.63, 3.8) is 0 Å². The predicted molar refractivity (Wildman–Crippen MR) is 135 cm³/mol. The van der Waals surface area contributed by atoms with Crippen LogP contribution in [-0.2, 0) is 22.0 Å². The van der Waals surface area contributed by atoms with E-state index in [1.165, 1.54) is 66.5 Å². The van der Waals surface area contributed by atoms with Gasteiger partial charge >= 0.3 is 0 Å². The maximum absolute atomic E-state index is 13.0. The minimum Gasteiger partial charge on any atom is -0.377 e. The Morgan fingerprint density at radius 3 is 2.48 bits per heavy atom. The Kier molecular flexibility index (Phi) is 6.15. The number of rotatable bonds is 6. The van der Waals surface area contributed by atoms with Crippen molar-refractivity contribution in [2.75, 3.05) is 13.2 Å². The van der Waals surface area contributed by atoms with Crippen molar-refractivity contribution >= 4 is 17.2 Å². The molecular weight excluding hydrogens is 428 g/mol. The summed E-state index contributed by atoms with van der Waals surface area (Å²) < 4.78 is 5.23. The van der Waals surface area contributed by atoms with Crippen LogP contribution < -0.4 is 5.32 Å². The molecule has 33 heavy (non-hydrogen) atoms. The predicted octanol–water partition coefficient (Wildman–Crippen LogP) is 6.41.